The average Bonchev–Trinajstić information content (AvgIpc) is 2.25. The van der Waals surface area contributed by atoms with Crippen molar-refractivity contribution < 1.29 is 0 Å². The molecule has 0 aromatic carbocycles. The van der Waals surface area contributed by atoms with Gasteiger partial charge in [0.05, 0.1) is 12.1 Å². The Morgan fingerprint density at radius 1 is 1.50 bits per heavy atom. The predicted octanol–water partition coefficient (Wildman–Crippen LogP) is 2.03. The van der Waals surface area contributed by atoms with Gasteiger partial charge in [0.2, 0.25) is 0 Å². The molecule has 1 heterocycles. The van der Waals surface area contributed by atoms with E-state index in [2.05, 4.69) is 17.0 Å². The first-order valence-corrected chi connectivity index (χ1v) is 5.20. The fourth-order valence-corrected chi connectivity index (χ4v) is 1.63. The van der Waals surface area contributed by atoms with Crippen LogP contribution in [-0.4, -0.2) is 18.1 Å². The van der Waals surface area contributed by atoms with Crippen molar-refractivity contribution in [2.75, 3.05) is 18.0 Å². The topological polar surface area (TPSA) is 39.9 Å². The number of anilines is 1. The van der Waals surface area contributed by atoms with E-state index in [9.17, 15) is 0 Å². The molecule has 3 nitrogen and oxygen atoms in total. The maximum atomic E-state index is 9.13. The summed E-state index contributed by atoms with van der Waals surface area (Å²) in [6, 6.07) is 4.10. The third-order valence-electron chi connectivity index (χ3n) is 2.40. The van der Waals surface area contributed by atoms with Crippen LogP contribution in [0.15, 0.2) is 6.07 Å². The molecule has 0 aliphatic heterocycles. The van der Waals surface area contributed by atoms with Gasteiger partial charge >= 0.3 is 0 Å². The number of nitriles is 1. The monoisotopic (exact) mass is 213 g/mol. The standard InChI is InChI=1S/C13H15N3/c1-5-7-16(6-2)13-12(9-14)10(3)8-11(4)15-13/h1,8H,6-7H2,2-4H3. The van der Waals surface area contributed by atoms with Crippen LogP contribution in [0, 0.1) is 37.5 Å². The molecule has 0 aliphatic rings. The third-order valence-corrected chi connectivity index (χ3v) is 2.40. The summed E-state index contributed by atoms with van der Waals surface area (Å²) >= 11 is 0. The molecule has 0 atom stereocenters. The minimum atomic E-state index is 0.473. The lowest BCUT2D eigenvalue weighted by Gasteiger charge is -2.21. The SMILES string of the molecule is C#CCN(CC)c1nc(C)cc(C)c1C#N. The van der Waals surface area contributed by atoms with Gasteiger partial charge in [-0.1, -0.05) is 5.92 Å². The highest BCUT2D eigenvalue weighted by molar-refractivity contribution is 5.58. The molecular weight excluding hydrogens is 198 g/mol. The zero-order valence-corrected chi connectivity index (χ0v) is 9.91. The first kappa shape index (κ1) is 12.1. The zero-order valence-electron chi connectivity index (χ0n) is 9.91. The number of terminal acetylenes is 1. The van der Waals surface area contributed by atoms with Crippen molar-refractivity contribution in [1.82, 2.24) is 4.98 Å². The lowest BCUT2D eigenvalue weighted by Crippen LogP contribution is -2.25. The summed E-state index contributed by atoms with van der Waals surface area (Å²) in [6.07, 6.45) is 5.31. The Hall–Kier alpha value is -2.00. The van der Waals surface area contributed by atoms with Gasteiger partial charge in [0, 0.05) is 12.2 Å². The summed E-state index contributed by atoms with van der Waals surface area (Å²) in [5.41, 5.74) is 2.46. The molecule has 0 amide bonds. The van der Waals surface area contributed by atoms with Crippen LogP contribution in [-0.2, 0) is 0 Å². The largest absolute Gasteiger partial charge is 0.345 e. The van der Waals surface area contributed by atoms with E-state index in [1.165, 1.54) is 0 Å². The lowest BCUT2D eigenvalue weighted by atomic mass is 10.1. The van der Waals surface area contributed by atoms with Crippen molar-refractivity contribution >= 4 is 5.82 Å². The number of hydrogen-bond acceptors (Lipinski definition) is 3. The van der Waals surface area contributed by atoms with Crippen LogP contribution < -0.4 is 4.90 Å². The summed E-state index contributed by atoms with van der Waals surface area (Å²) in [6.45, 7) is 7.05. The summed E-state index contributed by atoms with van der Waals surface area (Å²) in [4.78, 5) is 6.33. The van der Waals surface area contributed by atoms with Gasteiger partial charge in [-0.25, -0.2) is 4.98 Å². The fourth-order valence-electron chi connectivity index (χ4n) is 1.63. The van der Waals surface area contributed by atoms with E-state index in [-0.39, 0.29) is 0 Å². The molecule has 0 N–H and O–H groups in total. The maximum Gasteiger partial charge on any atom is 0.147 e. The Kier molecular flexibility index (Phi) is 3.91. The van der Waals surface area contributed by atoms with E-state index in [0.717, 1.165) is 17.8 Å². The van der Waals surface area contributed by atoms with Crippen molar-refractivity contribution in [3.8, 4) is 18.4 Å². The molecule has 1 aromatic rings. The van der Waals surface area contributed by atoms with E-state index in [4.69, 9.17) is 11.7 Å². The van der Waals surface area contributed by atoms with Gasteiger partial charge in [-0.2, -0.15) is 5.26 Å². The molecule has 1 aromatic heterocycles. The van der Waals surface area contributed by atoms with Crippen LogP contribution in [0.3, 0.4) is 0 Å². The van der Waals surface area contributed by atoms with Crippen molar-refractivity contribution in [2.24, 2.45) is 0 Å². The molecule has 0 fully saturated rings. The van der Waals surface area contributed by atoms with Gasteiger partial charge in [0.15, 0.2) is 0 Å². The van der Waals surface area contributed by atoms with Crippen molar-refractivity contribution in [2.45, 2.75) is 20.8 Å². The van der Waals surface area contributed by atoms with E-state index in [1.807, 2.05) is 31.7 Å². The molecule has 0 unspecified atom stereocenters. The molecular formula is C13H15N3. The molecule has 0 aliphatic carbocycles. The van der Waals surface area contributed by atoms with E-state index < -0.39 is 0 Å². The minimum Gasteiger partial charge on any atom is -0.345 e. The number of hydrogen-bond donors (Lipinski definition) is 0. The van der Waals surface area contributed by atoms with Gasteiger partial charge in [-0.05, 0) is 32.4 Å². The molecule has 3 heteroatoms. The molecule has 0 bridgehead atoms. The molecule has 0 saturated heterocycles. The van der Waals surface area contributed by atoms with Gasteiger partial charge in [0.1, 0.15) is 11.9 Å². The Labute approximate surface area is 96.7 Å². The minimum absolute atomic E-state index is 0.473. The smallest absolute Gasteiger partial charge is 0.147 e. The van der Waals surface area contributed by atoms with Crippen LogP contribution in [0.1, 0.15) is 23.7 Å². The van der Waals surface area contributed by atoms with Crippen molar-refractivity contribution in [3.63, 3.8) is 0 Å². The van der Waals surface area contributed by atoms with E-state index in [0.29, 0.717) is 17.9 Å². The van der Waals surface area contributed by atoms with Gasteiger partial charge < -0.3 is 4.90 Å². The second-order valence-electron chi connectivity index (χ2n) is 3.61. The number of pyridine rings is 1. The lowest BCUT2D eigenvalue weighted by molar-refractivity contribution is 0.882. The van der Waals surface area contributed by atoms with Crippen LogP contribution in [0.25, 0.3) is 0 Å². The molecule has 1 rings (SSSR count). The fraction of sp³-hybridized carbons (Fsp3) is 0.385. The summed E-state index contributed by atoms with van der Waals surface area (Å²) in [7, 11) is 0. The second kappa shape index (κ2) is 5.19. The predicted molar refractivity (Wildman–Crippen MR) is 65.1 cm³/mol. The normalized spacial score (nSPS) is 9.31. The number of nitrogens with zero attached hydrogens (tertiary/aromatic N) is 3. The van der Waals surface area contributed by atoms with Crippen LogP contribution in [0.5, 0.6) is 0 Å². The number of aryl methyl sites for hydroxylation is 2. The number of aromatic nitrogens is 1. The maximum absolute atomic E-state index is 9.13. The van der Waals surface area contributed by atoms with Gasteiger partial charge in [-0.15, -0.1) is 6.42 Å². The van der Waals surface area contributed by atoms with Crippen LogP contribution >= 0.6 is 0 Å². The first-order valence-electron chi connectivity index (χ1n) is 5.20. The Bertz CT molecular complexity index is 463. The highest BCUT2D eigenvalue weighted by Crippen LogP contribution is 2.21. The molecule has 16 heavy (non-hydrogen) atoms. The highest BCUT2D eigenvalue weighted by Gasteiger charge is 2.13. The Balaban J connectivity index is 3.31. The summed E-state index contributed by atoms with van der Waals surface area (Å²) in [5.74, 6) is 3.28. The molecule has 0 radical (unpaired) electrons. The zero-order chi connectivity index (χ0) is 12.1. The van der Waals surface area contributed by atoms with E-state index in [1.54, 1.807) is 0 Å². The highest BCUT2D eigenvalue weighted by atomic mass is 15.2. The van der Waals surface area contributed by atoms with Crippen LogP contribution in [0.4, 0.5) is 5.82 Å². The molecule has 82 valence electrons. The first-order chi connectivity index (χ1) is 7.63. The van der Waals surface area contributed by atoms with Gasteiger partial charge in [0.25, 0.3) is 0 Å². The molecule has 0 saturated carbocycles. The Morgan fingerprint density at radius 2 is 2.19 bits per heavy atom. The average molecular weight is 213 g/mol. The summed E-state index contributed by atoms with van der Waals surface area (Å²) < 4.78 is 0. The van der Waals surface area contributed by atoms with Crippen molar-refractivity contribution in [3.05, 3.63) is 22.9 Å². The van der Waals surface area contributed by atoms with Crippen molar-refractivity contribution in [1.29, 1.82) is 5.26 Å². The quantitative estimate of drug-likeness (QED) is 0.721. The summed E-state index contributed by atoms with van der Waals surface area (Å²) in [5, 5.41) is 9.13. The van der Waals surface area contributed by atoms with Crippen LogP contribution in [0.2, 0.25) is 0 Å². The number of rotatable bonds is 3. The Morgan fingerprint density at radius 3 is 2.69 bits per heavy atom. The third kappa shape index (κ3) is 2.32. The second-order valence-corrected chi connectivity index (χ2v) is 3.61. The van der Waals surface area contributed by atoms with E-state index >= 15 is 0 Å². The molecule has 0 spiro atoms. The van der Waals surface area contributed by atoms with Gasteiger partial charge in [-0.3, -0.25) is 0 Å².